The first-order chi connectivity index (χ1) is 7.43. The summed E-state index contributed by atoms with van der Waals surface area (Å²) in [6.45, 7) is 3.82. The van der Waals surface area contributed by atoms with Gasteiger partial charge < -0.3 is 9.67 Å². The number of nitrogens with zero attached hydrogens (tertiary/aromatic N) is 1. The molecule has 0 bridgehead atoms. The van der Waals surface area contributed by atoms with E-state index in [1.165, 1.54) is 23.0 Å². The molecular formula is C11H11NO3S. The molecule has 0 saturated carbocycles. The molecule has 0 atom stereocenters. The van der Waals surface area contributed by atoms with E-state index in [4.69, 9.17) is 5.11 Å². The SMILES string of the molecule is Cc1sc2cc(C(=O)O)n(C)c(=O)c2c1C. The molecule has 0 aromatic carbocycles. The second-order valence-electron chi connectivity index (χ2n) is 3.72. The Balaban J connectivity index is 3.00. The van der Waals surface area contributed by atoms with Crippen LogP contribution in [0.1, 0.15) is 20.9 Å². The average molecular weight is 237 g/mol. The van der Waals surface area contributed by atoms with E-state index >= 15 is 0 Å². The van der Waals surface area contributed by atoms with Gasteiger partial charge in [-0.2, -0.15) is 0 Å². The van der Waals surface area contributed by atoms with E-state index in [1.54, 1.807) is 6.07 Å². The Hall–Kier alpha value is -1.62. The van der Waals surface area contributed by atoms with Crippen LogP contribution >= 0.6 is 11.3 Å². The first kappa shape index (κ1) is 10.9. The van der Waals surface area contributed by atoms with Gasteiger partial charge in [0.15, 0.2) is 0 Å². The molecule has 5 heteroatoms. The van der Waals surface area contributed by atoms with E-state index in [1.807, 2.05) is 13.8 Å². The van der Waals surface area contributed by atoms with Crippen molar-refractivity contribution in [3.63, 3.8) is 0 Å². The Morgan fingerprint density at radius 3 is 2.62 bits per heavy atom. The molecule has 4 nitrogen and oxygen atoms in total. The predicted octanol–water partition coefficient (Wildman–Crippen LogP) is 1.92. The number of aryl methyl sites for hydroxylation is 2. The Bertz CT molecular complexity index is 651. The zero-order valence-corrected chi connectivity index (χ0v) is 10.0. The normalized spacial score (nSPS) is 10.9. The van der Waals surface area contributed by atoms with E-state index in [0.717, 1.165) is 15.1 Å². The third kappa shape index (κ3) is 1.36. The summed E-state index contributed by atoms with van der Waals surface area (Å²) in [7, 11) is 1.48. The Morgan fingerprint density at radius 2 is 2.06 bits per heavy atom. The molecule has 0 aliphatic heterocycles. The van der Waals surface area contributed by atoms with E-state index in [-0.39, 0.29) is 11.3 Å². The van der Waals surface area contributed by atoms with Gasteiger partial charge in [0.05, 0.1) is 5.39 Å². The zero-order chi connectivity index (χ0) is 12.0. The summed E-state index contributed by atoms with van der Waals surface area (Å²) in [5.41, 5.74) is 0.730. The Labute approximate surface area is 95.8 Å². The predicted molar refractivity (Wildman–Crippen MR) is 63.5 cm³/mol. The summed E-state index contributed by atoms with van der Waals surface area (Å²) in [6, 6.07) is 1.56. The maximum atomic E-state index is 12.0. The van der Waals surface area contributed by atoms with Crippen LogP contribution in [0, 0.1) is 13.8 Å². The van der Waals surface area contributed by atoms with Crippen LogP contribution < -0.4 is 5.56 Å². The highest BCUT2D eigenvalue weighted by molar-refractivity contribution is 7.19. The molecule has 0 saturated heterocycles. The zero-order valence-electron chi connectivity index (χ0n) is 9.20. The lowest BCUT2D eigenvalue weighted by atomic mass is 10.2. The summed E-state index contributed by atoms with van der Waals surface area (Å²) in [5.74, 6) is -1.08. The first-order valence-corrected chi connectivity index (χ1v) is 5.58. The minimum Gasteiger partial charge on any atom is -0.477 e. The number of aromatic nitrogens is 1. The fourth-order valence-corrected chi connectivity index (χ4v) is 2.82. The van der Waals surface area contributed by atoms with Crippen molar-refractivity contribution in [2.75, 3.05) is 0 Å². The van der Waals surface area contributed by atoms with Crippen LogP contribution in [-0.2, 0) is 7.05 Å². The van der Waals surface area contributed by atoms with Crippen LogP contribution in [0.4, 0.5) is 0 Å². The van der Waals surface area contributed by atoms with Gasteiger partial charge in [-0.1, -0.05) is 0 Å². The fourth-order valence-electron chi connectivity index (χ4n) is 1.72. The van der Waals surface area contributed by atoms with Gasteiger partial charge in [0.1, 0.15) is 5.69 Å². The van der Waals surface area contributed by atoms with Gasteiger partial charge in [-0.15, -0.1) is 11.3 Å². The number of rotatable bonds is 1. The van der Waals surface area contributed by atoms with Gasteiger partial charge >= 0.3 is 5.97 Å². The molecule has 0 aliphatic carbocycles. The minimum absolute atomic E-state index is 0.0266. The molecular weight excluding hydrogens is 226 g/mol. The highest BCUT2D eigenvalue weighted by Crippen LogP contribution is 2.28. The van der Waals surface area contributed by atoms with E-state index < -0.39 is 5.97 Å². The molecule has 2 aromatic rings. The van der Waals surface area contributed by atoms with Gasteiger partial charge in [0.2, 0.25) is 0 Å². The summed E-state index contributed by atoms with van der Waals surface area (Å²) in [6.07, 6.45) is 0. The molecule has 0 fully saturated rings. The molecule has 1 N–H and O–H groups in total. The molecule has 2 aromatic heterocycles. The van der Waals surface area contributed by atoms with Crippen LogP contribution in [-0.4, -0.2) is 15.6 Å². The minimum atomic E-state index is -1.08. The lowest BCUT2D eigenvalue weighted by molar-refractivity contribution is 0.0685. The largest absolute Gasteiger partial charge is 0.477 e. The average Bonchev–Trinajstić information content (AvgIpc) is 2.48. The quantitative estimate of drug-likeness (QED) is 0.824. The summed E-state index contributed by atoms with van der Waals surface area (Å²) >= 11 is 1.46. The number of carboxylic acid groups (broad SMARTS) is 1. The van der Waals surface area contributed by atoms with Crippen molar-refractivity contribution in [2.45, 2.75) is 13.8 Å². The number of thiophene rings is 1. The number of hydrogen-bond acceptors (Lipinski definition) is 3. The van der Waals surface area contributed by atoms with Crippen LogP contribution in [0.2, 0.25) is 0 Å². The molecule has 16 heavy (non-hydrogen) atoms. The van der Waals surface area contributed by atoms with E-state index in [9.17, 15) is 9.59 Å². The molecule has 0 unspecified atom stereocenters. The number of hydrogen-bond donors (Lipinski definition) is 1. The lowest BCUT2D eigenvalue weighted by Crippen LogP contribution is -2.22. The van der Waals surface area contributed by atoms with Crippen molar-refractivity contribution < 1.29 is 9.90 Å². The number of pyridine rings is 1. The van der Waals surface area contributed by atoms with Crippen LogP contribution in [0.25, 0.3) is 10.1 Å². The lowest BCUT2D eigenvalue weighted by Gasteiger charge is -2.03. The Kier molecular flexibility index (Phi) is 2.35. The molecule has 84 valence electrons. The highest BCUT2D eigenvalue weighted by atomic mass is 32.1. The third-order valence-corrected chi connectivity index (χ3v) is 3.93. The van der Waals surface area contributed by atoms with E-state index in [0.29, 0.717) is 5.39 Å². The summed E-state index contributed by atoms with van der Waals surface area (Å²) in [4.78, 5) is 24.0. The second kappa shape index (κ2) is 3.45. The topological polar surface area (TPSA) is 59.3 Å². The number of aromatic carboxylic acids is 1. The summed E-state index contributed by atoms with van der Waals surface area (Å²) in [5, 5.41) is 9.60. The summed E-state index contributed by atoms with van der Waals surface area (Å²) < 4.78 is 1.93. The molecule has 2 rings (SSSR count). The van der Waals surface area contributed by atoms with Gasteiger partial charge in [0, 0.05) is 16.6 Å². The second-order valence-corrected chi connectivity index (χ2v) is 4.98. The molecule has 2 heterocycles. The highest BCUT2D eigenvalue weighted by Gasteiger charge is 2.15. The molecule has 0 amide bonds. The first-order valence-electron chi connectivity index (χ1n) is 4.76. The fraction of sp³-hybridized carbons (Fsp3) is 0.273. The molecule has 0 aliphatic rings. The van der Waals surface area contributed by atoms with E-state index in [2.05, 4.69) is 0 Å². The molecule has 0 radical (unpaired) electrons. The van der Waals surface area contributed by atoms with Crippen molar-refractivity contribution in [3.8, 4) is 0 Å². The van der Waals surface area contributed by atoms with Gasteiger partial charge in [0.25, 0.3) is 5.56 Å². The van der Waals surface area contributed by atoms with Crippen LogP contribution in [0.5, 0.6) is 0 Å². The van der Waals surface area contributed by atoms with Crippen molar-refractivity contribution in [1.82, 2.24) is 4.57 Å². The third-order valence-electron chi connectivity index (χ3n) is 2.78. The van der Waals surface area contributed by atoms with Crippen LogP contribution in [0.15, 0.2) is 10.9 Å². The van der Waals surface area contributed by atoms with Crippen LogP contribution in [0.3, 0.4) is 0 Å². The number of carbonyl (C=O) groups is 1. The standard InChI is InChI=1S/C11H11NO3S/c1-5-6(2)16-8-4-7(11(14)15)12(3)10(13)9(5)8/h4H,1-3H3,(H,14,15). The monoisotopic (exact) mass is 237 g/mol. The smallest absolute Gasteiger partial charge is 0.352 e. The van der Waals surface area contributed by atoms with Crippen molar-refractivity contribution in [2.24, 2.45) is 7.05 Å². The maximum absolute atomic E-state index is 12.0. The molecule has 0 spiro atoms. The number of carboxylic acids is 1. The van der Waals surface area contributed by atoms with Gasteiger partial charge in [-0.3, -0.25) is 4.79 Å². The van der Waals surface area contributed by atoms with Gasteiger partial charge in [-0.05, 0) is 25.5 Å². The van der Waals surface area contributed by atoms with Crippen molar-refractivity contribution in [1.29, 1.82) is 0 Å². The number of fused-ring (bicyclic) bond motifs is 1. The van der Waals surface area contributed by atoms with Crippen molar-refractivity contribution in [3.05, 3.63) is 32.6 Å². The maximum Gasteiger partial charge on any atom is 0.352 e. The van der Waals surface area contributed by atoms with Crippen molar-refractivity contribution >= 4 is 27.4 Å². The Morgan fingerprint density at radius 1 is 1.44 bits per heavy atom. The van der Waals surface area contributed by atoms with Gasteiger partial charge in [-0.25, -0.2) is 4.79 Å².